The SMILES string of the molecule is CC1(C)CC(N2CCCCC2=N)CC(C)(C)C1. The summed E-state index contributed by atoms with van der Waals surface area (Å²) in [7, 11) is 0. The molecule has 0 bridgehead atoms. The molecule has 1 saturated carbocycles. The lowest BCUT2D eigenvalue weighted by molar-refractivity contribution is 0.0478. The van der Waals surface area contributed by atoms with Gasteiger partial charge in [0.1, 0.15) is 0 Å². The maximum Gasteiger partial charge on any atom is 0.0960 e. The van der Waals surface area contributed by atoms with Gasteiger partial charge >= 0.3 is 0 Å². The van der Waals surface area contributed by atoms with Gasteiger partial charge in [-0.15, -0.1) is 0 Å². The molecule has 1 N–H and O–H groups in total. The summed E-state index contributed by atoms with van der Waals surface area (Å²) >= 11 is 0. The van der Waals surface area contributed by atoms with Gasteiger partial charge < -0.3 is 4.90 Å². The van der Waals surface area contributed by atoms with Gasteiger partial charge in [-0.2, -0.15) is 0 Å². The number of likely N-dealkylation sites (tertiary alicyclic amines) is 1. The summed E-state index contributed by atoms with van der Waals surface area (Å²) in [5.41, 5.74) is 0.869. The normalized spacial score (nSPS) is 29.4. The van der Waals surface area contributed by atoms with E-state index >= 15 is 0 Å². The van der Waals surface area contributed by atoms with Crippen LogP contribution < -0.4 is 0 Å². The van der Waals surface area contributed by atoms with Gasteiger partial charge in [0.25, 0.3) is 0 Å². The highest BCUT2D eigenvalue weighted by Gasteiger charge is 2.41. The lowest BCUT2D eigenvalue weighted by atomic mass is 9.63. The Bertz CT molecular complexity index is 288. The molecule has 2 rings (SSSR count). The topological polar surface area (TPSA) is 27.1 Å². The van der Waals surface area contributed by atoms with E-state index < -0.39 is 0 Å². The molecule has 98 valence electrons. The zero-order chi connectivity index (χ0) is 12.7. The molecule has 2 fully saturated rings. The van der Waals surface area contributed by atoms with Crippen LogP contribution in [0.1, 0.15) is 66.2 Å². The Morgan fingerprint density at radius 3 is 2.18 bits per heavy atom. The predicted molar refractivity (Wildman–Crippen MR) is 73.5 cm³/mol. The molecule has 1 aliphatic carbocycles. The van der Waals surface area contributed by atoms with Crippen LogP contribution in [0, 0.1) is 16.2 Å². The first kappa shape index (κ1) is 12.9. The Kier molecular flexibility index (Phi) is 3.26. The highest BCUT2D eigenvalue weighted by Crippen LogP contribution is 2.47. The fourth-order valence-electron chi connectivity index (χ4n) is 4.26. The fourth-order valence-corrected chi connectivity index (χ4v) is 4.26. The molecule has 0 atom stereocenters. The zero-order valence-corrected chi connectivity index (χ0v) is 12.0. The van der Waals surface area contributed by atoms with Crippen molar-refractivity contribution < 1.29 is 0 Å². The van der Waals surface area contributed by atoms with Gasteiger partial charge in [0.05, 0.1) is 5.84 Å². The van der Waals surface area contributed by atoms with E-state index in [1.165, 1.54) is 32.1 Å². The minimum absolute atomic E-state index is 0.435. The average molecular weight is 236 g/mol. The zero-order valence-electron chi connectivity index (χ0n) is 12.0. The van der Waals surface area contributed by atoms with Crippen LogP contribution in [0.2, 0.25) is 0 Å². The van der Waals surface area contributed by atoms with Gasteiger partial charge in [0.15, 0.2) is 0 Å². The van der Waals surface area contributed by atoms with Gasteiger partial charge in [-0.3, -0.25) is 5.41 Å². The number of hydrogen-bond acceptors (Lipinski definition) is 1. The average Bonchev–Trinajstić information content (AvgIpc) is 2.13. The summed E-state index contributed by atoms with van der Waals surface area (Å²) in [5.74, 6) is 0.898. The maximum absolute atomic E-state index is 8.17. The summed E-state index contributed by atoms with van der Waals surface area (Å²) in [4.78, 5) is 2.41. The van der Waals surface area contributed by atoms with E-state index in [0.717, 1.165) is 18.8 Å². The lowest BCUT2D eigenvalue weighted by Crippen LogP contribution is -2.50. The van der Waals surface area contributed by atoms with E-state index in [0.29, 0.717) is 16.9 Å². The Hall–Kier alpha value is -0.530. The van der Waals surface area contributed by atoms with Crippen molar-refractivity contribution in [3.8, 4) is 0 Å². The highest BCUT2D eigenvalue weighted by molar-refractivity contribution is 5.80. The molecule has 1 aliphatic heterocycles. The molecule has 17 heavy (non-hydrogen) atoms. The molecule has 1 saturated heterocycles. The second-order valence-electron chi connectivity index (χ2n) is 7.66. The quantitative estimate of drug-likeness (QED) is 0.730. The van der Waals surface area contributed by atoms with Crippen molar-refractivity contribution in [2.24, 2.45) is 10.8 Å². The van der Waals surface area contributed by atoms with E-state index in [1.54, 1.807) is 0 Å². The molecule has 0 unspecified atom stereocenters. The Balaban J connectivity index is 2.12. The monoisotopic (exact) mass is 236 g/mol. The Morgan fingerprint density at radius 1 is 1.06 bits per heavy atom. The third kappa shape index (κ3) is 3.02. The summed E-state index contributed by atoms with van der Waals surface area (Å²) in [6.45, 7) is 10.7. The second-order valence-corrected chi connectivity index (χ2v) is 7.66. The number of nitrogens with one attached hydrogen (secondary N) is 1. The van der Waals surface area contributed by atoms with Crippen LogP contribution >= 0.6 is 0 Å². The fraction of sp³-hybridized carbons (Fsp3) is 0.933. The summed E-state index contributed by atoms with van der Waals surface area (Å²) in [5, 5.41) is 8.17. The third-order valence-corrected chi connectivity index (χ3v) is 4.38. The number of piperidine rings is 1. The summed E-state index contributed by atoms with van der Waals surface area (Å²) in [6, 6.07) is 0.613. The predicted octanol–water partition coefficient (Wildman–Crippen LogP) is 4.05. The smallest absolute Gasteiger partial charge is 0.0960 e. The van der Waals surface area contributed by atoms with Gasteiger partial charge in [-0.25, -0.2) is 0 Å². The molecule has 2 nitrogen and oxygen atoms in total. The molecule has 0 radical (unpaired) electrons. The van der Waals surface area contributed by atoms with Crippen LogP contribution in [0.25, 0.3) is 0 Å². The van der Waals surface area contributed by atoms with E-state index in [1.807, 2.05) is 0 Å². The summed E-state index contributed by atoms with van der Waals surface area (Å²) in [6.07, 6.45) is 7.33. The maximum atomic E-state index is 8.17. The third-order valence-electron chi connectivity index (χ3n) is 4.38. The van der Waals surface area contributed by atoms with Crippen LogP contribution in [0.4, 0.5) is 0 Å². The van der Waals surface area contributed by atoms with Gasteiger partial charge in [-0.1, -0.05) is 27.7 Å². The molecule has 2 heteroatoms. The van der Waals surface area contributed by atoms with Gasteiger partial charge in [-0.05, 0) is 42.9 Å². The highest BCUT2D eigenvalue weighted by atomic mass is 15.2. The molecule has 0 aromatic heterocycles. The van der Waals surface area contributed by atoms with Crippen molar-refractivity contribution in [2.75, 3.05) is 6.54 Å². The van der Waals surface area contributed by atoms with E-state index in [-0.39, 0.29) is 0 Å². The van der Waals surface area contributed by atoms with Gasteiger partial charge in [0.2, 0.25) is 0 Å². The molecule has 0 spiro atoms. The van der Waals surface area contributed by atoms with E-state index in [2.05, 4.69) is 32.6 Å². The minimum atomic E-state index is 0.435. The first-order valence-electron chi connectivity index (χ1n) is 7.13. The van der Waals surface area contributed by atoms with Crippen molar-refractivity contribution >= 4 is 5.84 Å². The van der Waals surface area contributed by atoms with Crippen LogP contribution in [0.15, 0.2) is 0 Å². The molecule has 0 aromatic carbocycles. The van der Waals surface area contributed by atoms with Crippen LogP contribution in [-0.4, -0.2) is 23.3 Å². The van der Waals surface area contributed by atoms with Gasteiger partial charge in [0, 0.05) is 19.0 Å². The first-order chi connectivity index (χ1) is 7.79. The molecule has 0 aromatic rings. The number of nitrogens with zero attached hydrogens (tertiary/aromatic N) is 1. The Labute approximate surface area is 106 Å². The number of rotatable bonds is 1. The molecule has 0 amide bonds. The standard InChI is InChI=1S/C15H28N2/c1-14(2)9-12(10-15(3,4)11-14)17-8-6-5-7-13(17)16/h12,16H,5-11H2,1-4H3. The Morgan fingerprint density at radius 2 is 1.65 bits per heavy atom. The van der Waals surface area contributed by atoms with Crippen molar-refractivity contribution in [1.29, 1.82) is 5.41 Å². The minimum Gasteiger partial charge on any atom is -0.358 e. The molecular formula is C15H28N2. The van der Waals surface area contributed by atoms with Crippen LogP contribution in [0.5, 0.6) is 0 Å². The number of amidine groups is 1. The molecular weight excluding hydrogens is 208 g/mol. The van der Waals surface area contributed by atoms with Crippen molar-refractivity contribution in [2.45, 2.75) is 72.3 Å². The lowest BCUT2D eigenvalue weighted by Gasteiger charge is -2.50. The largest absolute Gasteiger partial charge is 0.358 e. The van der Waals surface area contributed by atoms with Crippen LogP contribution in [0.3, 0.4) is 0 Å². The van der Waals surface area contributed by atoms with E-state index in [9.17, 15) is 0 Å². The second kappa shape index (κ2) is 4.29. The number of hydrogen-bond donors (Lipinski definition) is 1. The van der Waals surface area contributed by atoms with Crippen LogP contribution in [-0.2, 0) is 0 Å². The molecule has 1 heterocycles. The van der Waals surface area contributed by atoms with E-state index in [4.69, 9.17) is 5.41 Å². The van der Waals surface area contributed by atoms with Crippen molar-refractivity contribution in [3.63, 3.8) is 0 Å². The summed E-state index contributed by atoms with van der Waals surface area (Å²) < 4.78 is 0. The van der Waals surface area contributed by atoms with Crippen molar-refractivity contribution in [3.05, 3.63) is 0 Å². The first-order valence-corrected chi connectivity index (χ1v) is 7.13. The van der Waals surface area contributed by atoms with Crippen molar-refractivity contribution in [1.82, 2.24) is 4.90 Å². The molecule has 2 aliphatic rings.